The van der Waals surface area contributed by atoms with Crippen LogP contribution in [0.3, 0.4) is 0 Å². The zero-order valence-electron chi connectivity index (χ0n) is 32.5. The van der Waals surface area contributed by atoms with Crippen molar-refractivity contribution in [2.75, 3.05) is 67.5 Å². The number of nitrogens with zero attached hydrogens (tertiary/aromatic N) is 8. The van der Waals surface area contributed by atoms with Gasteiger partial charge in [-0.2, -0.15) is 0 Å². The summed E-state index contributed by atoms with van der Waals surface area (Å²) >= 11 is 6.31. The van der Waals surface area contributed by atoms with Crippen LogP contribution < -0.4 is 25.2 Å². The fraction of sp³-hybridized carbons (Fsp3) is 0.442. The molecule has 4 fully saturated rings. The molecule has 2 aromatic heterocycles. The van der Waals surface area contributed by atoms with E-state index in [0.717, 1.165) is 86.6 Å². The summed E-state index contributed by atoms with van der Waals surface area (Å²) < 4.78 is 6.15. The summed E-state index contributed by atoms with van der Waals surface area (Å²) in [5, 5.41) is 6.10. The SMILES string of the molecule is [C-]#[N+]c1cc(Cl)cc(C(C)(C)c2ccc(OCc3ccnc(N4CCN(C5CCN(C6CN(c7ccc(NC8CCC(=O)NC8=O)nc7)C6)CC5)CC4)n3)cc2)c1. The lowest BCUT2D eigenvalue weighted by atomic mass is 9.78. The van der Waals surface area contributed by atoms with Crippen LogP contribution in [-0.4, -0.2) is 107 Å². The molecule has 0 spiro atoms. The summed E-state index contributed by atoms with van der Waals surface area (Å²) in [7, 11) is 0. The summed E-state index contributed by atoms with van der Waals surface area (Å²) in [5.41, 5.74) is 4.24. The molecule has 0 bridgehead atoms. The number of pyridine rings is 1. The van der Waals surface area contributed by atoms with E-state index in [4.69, 9.17) is 27.9 Å². The van der Waals surface area contributed by atoms with Crippen molar-refractivity contribution in [3.05, 3.63) is 106 Å². The molecule has 13 nitrogen and oxygen atoms in total. The van der Waals surface area contributed by atoms with Crippen LogP contribution in [0, 0.1) is 6.57 Å². The van der Waals surface area contributed by atoms with Gasteiger partial charge in [0.05, 0.1) is 24.2 Å². The van der Waals surface area contributed by atoms with Gasteiger partial charge in [-0.05, 0) is 72.9 Å². The number of piperazine rings is 1. The van der Waals surface area contributed by atoms with Crippen LogP contribution in [0.15, 0.2) is 73.1 Å². The van der Waals surface area contributed by atoms with Gasteiger partial charge < -0.3 is 19.9 Å². The molecule has 2 N–H and O–H groups in total. The van der Waals surface area contributed by atoms with Crippen LogP contribution in [0.1, 0.15) is 56.4 Å². The van der Waals surface area contributed by atoms with E-state index in [0.29, 0.717) is 48.1 Å². The monoisotopic (exact) mass is 788 g/mol. The minimum absolute atomic E-state index is 0.219. The first-order chi connectivity index (χ1) is 27.6. The molecule has 4 aliphatic heterocycles. The summed E-state index contributed by atoms with van der Waals surface area (Å²) in [6, 6.07) is 20.2. The molecule has 1 unspecified atom stereocenters. The number of benzene rings is 2. The van der Waals surface area contributed by atoms with Gasteiger partial charge in [-0.1, -0.05) is 43.6 Å². The molecule has 0 radical (unpaired) electrons. The van der Waals surface area contributed by atoms with Crippen LogP contribution in [-0.2, 0) is 21.6 Å². The molecule has 8 rings (SSSR count). The van der Waals surface area contributed by atoms with Crippen molar-refractivity contribution in [3.63, 3.8) is 0 Å². The van der Waals surface area contributed by atoms with Crippen molar-refractivity contribution in [2.45, 2.75) is 69.7 Å². The van der Waals surface area contributed by atoms with Crippen molar-refractivity contribution >= 4 is 46.6 Å². The maximum Gasteiger partial charge on any atom is 0.249 e. The third-order valence-electron chi connectivity index (χ3n) is 12.1. The van der Waals surface area contributed by atoms with Crippen LogP contribution in [0.4, 0.5) is 23.1 Å². The van der Waals surface area contributed by atoms with Gasteiger partial charge in [-0.25, -0.2) is 19.8 Å². The Morgan fingerprint density at radius 3 is 2.33 bits per heavy atom. The number of imide groups is 1. The highest BCUT2D eigenvalue weighted by atomic mass is 35.5. The van der Waals surface area contributed by atoms with E-state index in [2.05, 4.69) is 77.1 Å². The van der Waals surface area contributed by atoms with E-state index in [1.165, 1.54) is 12.8 Å². The van der Waals surface area contributed by atoms with Crippen LogP contribution >= 0.6 is 11.6 Å². The fourth-order valence-electron chi connectivity index (χ4n) is 8.38. The zero-order valence-corrected chi connectivity index (χ0v) is 33.3. The van der Waals surface area contributed by atoms with Gasteiger partial charge in [-0.15, -0.1) is 0 Å². The lowest BCUT2D eigenvalue weighted by Crippen LogP contribution is -2.62. The Balaban J connectivity index is 0.755. The highest BCUT2D eigenvalue weighted by Gasteiger charge is 2.36. The van der Waals surface area contributed by atoms with Gasteiger partial charge in [0.1, 0.15) is 24.2 Å². The largest absolute Gasteiger partial charge is 0.487 e. The molecular formula is C43H49ClN10O3. The molecule has 0 aliphatic carbocycles. The van der Waals surface area contributed by atoms with Gasteiger partial charge >= 0.3 is 0 Å². The van der Waals surface area contributed by atoms with Gasteiger partial charge in [0.25, 0.3) is 0 Å². The number of piperidine rings is 2. The maximum atomic E-state index is 12.1. The van der Waals surface area contributed by atoms with Gasteiger partial charge in [0.2, 0.25) is 17.8 Å². The van der Waals surface area contributed by atoms with E-state index >= 15 is 0 Å². The Hall–Kier alpha value is -5.29. The topological polar surface area (TPSA) is 123 Å². The number of carbonyl (C=O) groups excluding carboxylic acids is 2. The summed E-state index contributed by atoms with van der Waals surface area (Å²) in [6.07, 6.45) is 6.88. The number of hydrogen-bond donors (Lipinski definition) is 2. The van der Waals surface area contributed by atoms with E-state index in [1.54, 1.807) is 6.07 Å². The number of halogens is 1. The standard InChI is InChI=1S/C43H49ClN10O3/c1-43(2,30-22-31(44)24-33(23-30)45-3)29-4-7-37(8-5-29)57-28-32-12-15-46-42(48-32)53-20-18-52(19-21-53)34-13-16-51(17-14-34)36-26-54(27-36)35-6-10-39(47-25-35)49-38-9-11-40(55)50-41(38)56/h4-8,10,12,15,22-25,34,36,38H,9,11,13-14,16-21,26-28H2,1-2H3,(H,47,49)(H,50,55,56). The number of anilines is 3. The number of ether oxygens (including phenoxy) is 1. The average Bonchev–Trinajstić information content (AvgIpc) is 3.21. The number of rotatable bonds is 11. The first kappa shape index (κ1) is 38.6. The Kier molecular flexibility index (Phi) is 11.3. The van der Waals surface area contributed by atoms with Crippen molar-refractivity contribution < 1.29 is 14.3 Å². The second kappa shape index (κ2) is 16.7. The highest BCUT2D eigenvalue weighted by Crippen LogP contribution is 2.36. The number of nitrogens with one attached hydrogen (secondary N) is 2. The fourth-order valence-corrected chi connectivity index (χ4v) is 8.61. The Bertz CT molecular complexity index is 2100. The average molecular weight is 789 g/mol. The summed E-state index contributed by atoms with van der Waals surface area (Å²) in [6.45, 7) is 20.1. The second-order valence-electron chi connectivity index (χ2n) is 16.0. The Morgan fingerprint density at radius 1 is 0.877 bits per heavy atom. The van der Waals surface area contributed by atoms with E-state index < -0.39 is 6.04 Å². The highest BCUT2D eigenvalue weighted by molar-refractivity contribution is 6.31. The van der Waals surface area contributed by atoms with Crippen molar-refractivity contribution in [3.8, 4) is 5.75 Å². The number of aromatic nitrogens is 3. The quantitative estimate of drug-likeness (QED) is 0.144. The predicted molar refractivity (Wildman–Crippen MR) is 221 cm³/mol. The molecule has 6 heterocycles. The molecule has 0 saturated carbocycles. The molecule has 4 saturated heterocycles. The third-order valence-corrected chi connectivity index (χ3v) is 12.3. The minimum atomic E-state index is -0.431. The lowest BCUT2D eigenvalue weighted by molar-refractivity contribution is -0.133. The van der Waals surface area contributed by atoms with Crippen molar-refractivity contribution in [2.24, 2.45) is 0 Å². The van der Waals surface area contributed by atoms with E-state index in [9.17, 15) is 9.59 Å². The molecule has 2 amide bonds. The number of carbonyl (C=O) groups is 2. The van der Waals surface area contributed by atoms with Crippen LogP contribution in [0.2, 0.25) is 5.02 Å². The van der Waals surface area contributed by atoms with Crippen LogP contribution in [0.5, 0.6) is 5.75 Å². The molecule has 4 aromatic rings. The summed E-state index contributed by atoms with van der Waals surface area (Å²) in [4.78, 5) is 51.1. The number of hydrogen-bond acceptors (Lipinski definition) is 11. The number of likely N-dealkylation sites (tertiary alicyclic amines) is 1. The second-order valence-corrected chi connectivity index (χ2v) is 16.4. The smallest absolute Gasteiger partial charge is 0.249 e. The Morgan fingerprint density at radius 2 is 1.63 bits per heavy atom. The lowest BCUT2D eigenvalue weighted by Gasteiger charge is -2.50. The molecule has 14 heteroatoms. The summed E-state index contributed by atoms with van der Waals surface area (Å²) in [5.74, 6) is 1.66. The van der Waals surface area contributed by atoms with Gasteiger partial charge in [0.15, 0.2) is 5.69 Å². The predicted octanol–water partition coefficient (Wildman–Crippen LogP) is 5.67. The third kappa shape index (κ3) is 8.83. The molecule has 4 aliphatic rings. The first-order valence-electron chi connectivity index (χ1n) is 19.9. The molecule has 1 atom stereocenters. The number of amides is 2. The molecule has 2 aromatic carbocycles. The van der Waals surface area contributed by atoms with Gasteiger partial charge in [0, 0.05) is 87.5 Å². The molecule has 57 heavy (non-hydrogen) atoms. The molecular weight excluding hydrogens is 740 g/mol. The van der Waals surface area contributed by atoms with Crippen molar-refractivity contribution in [1.82, 2.24) is 30.1 Å². The minimum Gasteiger partial charge on any atom is -0.487 e. The molecule has 296 valence electrons. The Labute approximate surface area is 339 Å². The normalized spacial score (nSPS) is 20.1. The zero-order chi connectivity index (χ0) is 39.5. The van der Waals surface area contributed by atoms with Crippen LogP contribution in [0.25, 0.3) is 4.85 Å². The van der Waals surface area contributed by atoms with Crippen molar-refractivity contribution in [1.29, 1.82) is 0 Å². The van der Waals surface area contributed by atoms with E-state index in [-0.39, 0.29) is 17.2 Å². The first-order valence-corrected chi connectivity index (χ1v) is 20.3. The maximum absolute atomic E-state index is 12.1. The van der Waals surface area contributed by atoms with E-state index in [1.807, 2.05) is 48.8 Å². The van der Waals surface area contributed by atoms with Gasteiger partial charge in [-0.3, -0.25) is 24.7 Å².